The molecule has 1 rings (SSSR count). The largest absolute Gasteiger partial charge is 0.353 e. The highest BCUT2D eigenvalue weighted by Gasteiger charge is 2.23. The van der Waals surface area contributed by atoms with E-state index in [-0.39, 0.29) is 17.9 Å². The predicted octanol–water partition coefficient (Wildman–Crippen LogP) is 1.64. The highest BCUT2D eigenvalue weighted by Crippen LogP contribution is 2.23. The molecule has 2 unspecified atom stereocenters. The van der Waals surface area contributed by atoms with Crippen LogP contribution >= 0.6 is 27.7 Å². The average molecular weight is 252 g/mol. The smallest absolute Gasteiger partial charge is 0.224 e. The summed E-state index contributed by atoms with van der Waals surface area (Å²) in [5.41, 5.74) is 0. The highest BCUT2D eigenvalue weighted by atomic mass is 79.9. The van der Waals surface area contributed by atoms with Crippen LogP contribution in [0.4, 0.5) is 0 Å². The van der Waals surface area contributed by atoms with E-state index < -0.39 is 0 Å². The van der Waals surface area contributed by atoms with Gasteiger partial charge in [0.1, 0.15) is 0 Å². The first-order valence-corrected chi connectivity index (χ1v) is 6.45. The molecule has 4 heteroatoms. The lowest BCUT2D eigenvalue weighted by molar-refractivity contribution is -0.124. The normalized spacial score (nSPS) is 25.3. The predicted molar refractivity (Wildman–Crippen MR) is 56.8 cm³/mol. The minimum Gasteiger partial charge on any atom is -0.353 e. The molecule has 1 amide bonds. The van der Waals surface area contributed by atoms with Crippen LogP contribution in [0.3, 0.4) is 0 Å². The van der Waals surface area contributed by atoms with Gasteiger partial charge < -0.3 is 5.32 Å². The number of amides is 1. The fourth-order valence-corrected chi connectivity index (χ4v) is 2.52. The van der Waals surface area contributed by atoms with Crippen LogP contribution in [-0.4, -0.2) is 28.8 Å². The van der Waals surface area contributed by atoms with Crippen LogP contribution in [0.2, 0.25) is 0 Å². The molecule has 0 saturated carbocycles. The first kappa shape index (κ1) is 10.4. The number of alkyl halides is 1. The van der Waals surface area contributed by atoms with Gasteiger partial charge in [-0.15, -0.1) is 0 Å². The summed E-state index contributed by atoms with van der Waals surface area (Å²) in [5, 5.41) is 3.80. The molecule has 1 fully saturated rings. The van der Waals surface area contributed by atoms with Gasteiger partial charge >= 0.3 is 0 Å². The second-order valence-electron chi connectivity index (χ2n) is 3.12. The number of rotatable bonds is 3. The Balaban J connectivity index is 2.27. The van der Waals surface area contributed by atoms with Crippen molar-refractivity contribution in [1.29, 1.82) is 0 Å². The number of nitrogens with one attached hydrogen (secondary N) is 1. The van der Waals surface area contributed by atoms with E-state index in [1.165, 1.54) is 0 Å². The van der Waals surface area contributed by atoms with Crippen molar-refractivity contribution in [1.82, 2.24) is 5.32 Å². The van der Waals surface area contributed by atoms with Gasteiger partial charge in [-0.1, -0.05) is 15.9 Å². The molecule has 0 aromatic rings. The van der Waals surface area contributed by atoms with E-state index in [0.29, 0.717) is 0 Å². The third-order valence-electron chi connectivity index (χ3n) is 1.92. The first-order valence-electron chi connectivity index (χ1n) is 4.18. The Morgan fingerprint density at radius 1 is 1.83 bits per heavy atom. The van der Waals surface area contributed by atoms with E-state index >= 15 is 0 Å². The van der Waals surface area contributed by atoms with Crippen LogP contribution in [0, 0.1) is 5.92 Å². The lowest BCUT2D eigenvalue weighted by atomic mass is 10.1. The monoisotopic (exact) mass is 251 g/mol. The van der Waals surface area contributed by atoms with Crippen LogP contribution < -0.4 is 5.32 Å². The minimum absolute atomic E-state index is 0.229. The lowest BCUT2D eigenvalue weighted by Gasteiger charge is -2.13. The molecular weight excluding hydrogens is 238 g/mol. The van der Waals surface area contributed by atoms with Crippen molar-refractivity contribution in [3.63, 3.8) is 0 Å². The van der Waals surface area contributed by atoms with Crippen molar-refractivity contribution in [3.8, 4) is 0 Å². The summed E-state index contributed by atoms with van der Waals surface area (Å²) < 4.78 is 0. The molecule has 2 nitrogen and oxygen atoms in total. The van der Waals surface area contributed by atoms with E-state index in [1.807, 2.05) is 18.7 Å². The number of thioether (sulfide) groups is 1. The van der Waals surface area contributed by atoms with Crippen LogP contribution in [0.25, 0.3) is 0 Å². The molecule has 1 heterocycles. The maximum atomic E-state index is 11.5. The Hall–Kier alpha value is 0.300. The third-order valence-corrected chi connectivity index (χ3v) is 4.05. The zero-order valence-electron chi connectivity index (χ0n) is 7.18. The molecule has 70 valence electrons. The van der Waals surface area contributed by atoms with Gasteiger partial charge in [-0.05, 0) is 19.1 Å². The molecule has 0 aliphatic carbocycles. The summed E-state index contributed by atoms with van der Waals surface area (Å²) in [6, 6.07) is 0.253. The number of carbonyl (C=O) groups is 1. The maximum Gasteiger partial charge on any atom is 0.224 e. The summed E-state index contributed by atoms with van der Waals surface area (Å²) in [6.07, 6.45) is 1.05. The molecule has 0 spiro atoms. The van der Waals surface area contributed by atoms with Crippen LogP contribution in [0.15, 0.2) is 0 Å². The SMILES string of the molecule is CC(CBr)NC(=O)C1CCSC1. The zero-order valence-corrected chi connectivity index (χ0v) is 9.58. The number of hydrogen-bond acceptors (Lipinski definition) is 2. The van der Waals surface area contributed by atoms with Gasteiger partial charge in [0, 0.05) is 23.0 Å². The van der Waals surface area contributed by atoms with Gasteiger partial charge in [0.15, 0.2) is 0 Å². The Kier molecular flexibility index (Phi) is 4.43. The fourth-order valence-electron chi connectivity index (χ4n) is 1.14. The van der Waals surface area contributed by atoms with Crippen molar-refractivity contribution >= 4 is 33.6 Å². The Bertz CT molecular complexity index is 159. The second-order valence-corrected chi connectivity index (χ2v) is 4.92. The number of carbonyl (C=O) groups excluding carboxylic acids is 1. The Labute approximate surface area is 86.0 Å². The molecule has 12 heavy (non-hydrogen) atoms. The molecule has 1 aliphatic heterocycles. The summed E-state index contributed by atoms with van der Waals surface area (Å²) >= 11 is 5.20. The maximum absolute atomic E-state index is 11.5. The topological polar surface area (TPSA) is 29.1 Å². The van der Waals surface area contributed by atoms with Crippen LogP contribution in [-0.2, 0) is 4.79 Å². The Morgan fingerprint density at radius 2 is 2.58 bits per heavy atom. The van der Waals surface area contributed by atoms with E-state index in [0.717, 1.165) is 23.3 Å². The molecule has 2 atom stereocenters. The van der Waals surface area contributed by atoms with Crippen LogP contribution in [0.5, 0.6) is 0 Å². The van der Waals surface area contributed by atoms with Gasteiger partial charge in [-0.3, -0.25) is 4.79 Å². The van der Waals surface area contributed by atoms with Crippen molar-refractivity contribution in [2.24, 2.45) is 5.92 Å². The van der Waals surface area contributed by atoms with Crippen LogP contribution in [0.1, 0.15) is 13.3 Å². The summed E-state index contributed by atoms with van der Waals surface area (Å²) in [5.74, 6) is 2.63. The molecule has 0 aromatic heterocycles. The van der Waals surface area contributed by atoms with Crippen molar-refractivity contribution in [3.05, 3.63) is 0 Å². The lowest BCUT2D eigenvalue weighted by Crippen LogP contribution is -2.38. The zero-order chi connectivity index (χ0) is 8.97. The van der Waals surface area contributed by atoms with E-state index in [4.69, 9.17) is 0 Å². The number of halogens is 1. The van der Waals surface area contributed by atoms with Crippen molar-refractivity contribution < 1.29 is 4.79 Å². The summed E-state index contributed by atoms with van der Waals surface area (Å²) in [4.78, 5) is 11.5. The number of hydrogen-bond donors (Lipinski definition) is 1. The quantitative estimate of drug-likeness (QED) is 0.774. The molecule has 1 N–H and O–H groups in total. The van der Waals surface area contributed by atoms with Crippen molar-refractivity contribution in [2.75, 3.05) is 16.8 Å². The molecule has 0 radical (unpaired) electrons. The molecule has 1 saturated heterocycles. The third kappa shape index (κ3) is 2.98. The Morgan fingerprint density at radius 3 is 3.08 bits per heavy atom. The average Bonchev–Trinajstić information content (AvgIpc) is 2.56. The molecule has 0 bridgehead atoms. The van der Waals surface area contributed by atoms with Gasteiger partial charge in [-0.2, -0.15) is 11.8 Å². The van der Waals surface area contributed by atoms with E-state index in [1.54, 1.807) is 0 Å². The summed E-state index contributed by atoms with van der Waals surface area (Å²) in [6.45, 7) is 2.01. The highest BCUT2D eigenvalue weighted by molar-refractivity contribution is 9.09. The van der Waals surface area contributed by atoms with Gasteiger partial charge in [-0.25, -0.2) is 0 Å². The van der Waals surface area contributed by atoms with Gasteiger partial charge in [0.05, 0.1) is 0 Å². The summed E-state index contributed by atoms with van der Waals surface area (Å²) in [7, 11) is 0. The van der Waals surface area contributed by atoms with Gasteiger partial charge in [0.25, 0.3) is 0 Å². The van der Waals surface area contributed by atoms with E-state index in [9.17, 15) is 4.79 Å². The fraction of sp³-hybridized carbons (Fsp3) is 0.875. The molecule has 0 aromatic carbocycles. The first-order chi connectivity index (χ1) is 5.74. The molecular formula is C8H14BrNOS. The van der Waals surface area contributed by atoms with Crippen molar-refractivity contribution in [2.45, 2.75) is 19.4 Å². The molecule has 1 aliphatic rings. The second kappa shape index (κ2) is 5.12. The van der Waals surface area contributed by atoms with E-state index in [2.05, 4.69) is 21.2 Å². The minimum atomic E-state index is 0.229. The van der Waals surface area contributed by atoms with Gasteiger partial charge in [0.2, 0.25) is 5.91 Å². The standard InChI is InChI=1S/C8H14BrNOS/c1-6(4-9)10-8(11)7-2-3-12-5-7/h6-7H,2-5H2,1H3,(H,10,11).